The molecule has 4 nitrogen and oxygen atoms in total. The van der Waals surface area contributed by atoms with Crippen LogP contribution in [0.1, 0.15) is 70.4 Å². The fraction of sp³-hybridized carbons (Fsp3) is 0.842. The van der Waals surface area contributed by atoms with E-state index in [9.17, 15) is 0 Å². The van der Waals surface area contributed by atoms with Crippen LogP contribution in [0.3, 0.4) is 0 Å². The van der Waals surface area contributed by atoms with Crippen molar-refractivity contribution in [1.82, 2.24) is 20.0 Å². The number of piperidine rings is 1. The van der Waals surface area contributed by atoms with Crippen LogP contribution < -0.4 is 5.32 Å². The van der Waals surface area contributed by atoms with Gasteiger partial charge in [-0.25, -0.2) is 0 Å². The molecular formula is C19H34N4. The van der Waals surface area contributed by atoms with Gasteiger partial charge in [-0.2, -0.15) is 5.10 Å². The standard InChI is InChI=1S/C19H34N4/c1-4-16(3)21-17-5-7-18(8-6-17)22-11-9-19(10-12-22)23-14-15(2)13-20-23/h13-14,16-19,21H,4-12H2,1-3H3. The zero-order valence-corrected chi connectivity index (χ0v) is 15.2. The molecule has 1 unspecified atom stereocenters. The van der Waals surface area contributed by atoms with E-state index in [0.717, 1.165) is 12.1 Å². The maximum absolute atomic E-state index is 4.51. The second-order valence-corrected chi connectivity index (χ2v) is 7.75. The van der Waals surface area contributed by atoms with Crippen LogP contribution in [0.15, 0.2) is 12.4 Å². The normalized spacial score (nSPS) is 28.8. The van der Waals surface area contributed by atoms with E-state index in [1.54, 1.807) is 0 Å². The highest BCUT2D eigenvalue weighted by Gasteiger charge is 2.29. The van der Waals surface area contributed by atoms with Crippen LogP contribution >= 0.6 is 0 Å². The second kappa shape index (κ2) is 7.80. The van der Waals surface area contributed by atoms with Gasteiger partial charge in [0.1, 0.15) is 0 Å². The zero-order valence-electron chi connectivity index (χ0n) is 15.2. The van der Waals surface area contributed by atoms with E-state index in [0.29, 0.717) is 12.1 Å². The molecule has 1 aromatic heterocycles. The smallest absolute Gasteiger partial charge is 0.0543 e. The summed E-state index contributed by atoms with van der Waals surface area (Å²) in [6.45, 7) is 9.21. The number of aryl methyl sites for hydroxylation is 1. The van der Waals surface area contributed by atoms with Crippen LogP contribution in [0.2, 0.25) is 0 Å². The lowest BCUT2D eigenvalue weighted by Gasteiger charge is -2.41. The van der Waals surface area contributed by atoms with Crippen molar-refractivity contribution < 1.29 is 0 Å². The molecule has 1 saturated carbocycles. The lowest BCUT2D eigenvalue weighted by atomic mass is 9.88. The van der Waals surface area contributed by atoms with Gasteiger partial charge in [0.2, 0.25) is 0 Å². The minimum Gasteiger partial charge on any atom is -0.312 e. The van der Waals surface area contributed by atoms with E-state index in [1.807, 2.05) is 6.20 Å². The Bertz CT molecular complexity index is 467. The number of likely N-dealkylation sites (tertiary alicyclic amines) is 1. The number of nitrogens with zero attached hydrogens (tertiary/aromatic N) is 3. The summed E-state index contributed by atoms with van der Waals surface area (Å²) in [7, 11) is 0. The van der Waals surface area contributed by atoms with Gasteiger partial charge in [-0.1, -0.05) is 6.92 Å². The molecule has 0 aromatic carbocycles. The average molecular weight is 319 g/mol. The monoisotopic (exact) mass is 318 g/mol. The van der Waals surface area contributed by atoms with Gasteiger partial charge in [-0.3, -0.25) is 4.68 Å². The quantitative estimate of drug-likeness (QED) is 0.901. The molecule has 1 saturated heterocycles. The molecule has 0 radical (unpaired) electrons. The minimum absolute atomic E-state index is 0.614. The average Bonchev–Trinajstić information content (AvgIpc) is 3.02. The lowest BCUT2D eigenvalue weighted by molar-refractivity contribution is 0.0973. The SMILES string of the molecule is CCC(C)NC1CCC(N2CCC(n3cc(C)cn3)CC2)CC1. The first-order valence-corrected chi connectivity index (χ1v) is 9.66. The maximum atomic E-state index is 4.51. The number of hydrogen-bond donors (Lipinski definition) is 1. The summed E-state index contributed by atoms with van der Waals surface area (Å²) < 4.78 is 2.19. The molecule has 1 N–H and O–H groups in total. The summed E-state index contributed by atoms with van der Waals surface area (Å²) in [5.74, 6) is 0. The van der Waals surface area contributed by atoms with Gasteiger partial charge in [0.15, 0.2) is 0 Å². The van der Waals surface area contributed by atoms with Crippen molar-refractivity contribution in [3.63, 3.8) is 0 Å². The molecule has 0 amide bonds. The van der Waals surface area contributed by atoms with Crippen molar-refractivity contribution in [1.29, 1.82) is 0 Å². The fourth-order valence-electron chi connectivity index (χ4n) is 4.28. The summed E-state index contributed by atoms with van der Waals surface area (Å²) in [5, 5.41) is 8.31. The van der Waals surface area contributed by atoms with Crippen LogP contribution in [0.4, 0.5) is 0 Å². The Hall–Kier alpha value is -0.870. The Morgan fingerprint density at radius 2 is 1.83 bits per heavy atom. The maximum Gasteiger partial charge on any atom is 0.0543 e. The third-order valence-corrected chi connectivity index (χ3v) is 5.95. The number of nitrogens with one attached hydrogen (secondary N) is 1. The molecule has 1 aromatic rings. The summed E-state index contributed by atoms with van der Waals surface area (Å²) in [5.41, 5.74) is 1.28. The van der Waals surface area contributed by atoms with E-state index in [1.165, 1.54) is 63.6 Å². The Kier molecular flexibility index (Phi) is 5.76. The first-order chi connectivity index (χ1) is 11.2. The summed E-state index contributed by atoms with van der Waals surface area (Å²) >= 11 is 0. The number of aromatic nitrogens is 2. The molecule has 23 heavy (non-hydrogen) atoms. The Balaban J connectivity index is 1.42. The first kappa shape index (κ1) is 17.0. The van der Waals surface area contributed by atoms with Crippen LogP contribution in [0.5, 0.6) is 0 Å². The minimum atomic E-state index is 0.614. The summed E-state index contributed by atoms with van der Waals surface area (Å²) in [4.78, 5) is 2.76. The van der Waals surface area contributed by atoms with Gasteiger partial charge in [0, 0.05) is 37.4 Å². The van der Waals surface area contributed by atoms with Gasteiger partial charge < -0.3 is 10.2 Å². The third kappa shape index (κ3) is 4.36. The Morgan fingerprint density at radius 1 is 1.13 bits per heavy atom. The highest BCUT2D eigenvalue weighted by Crippen LogP contribution is 2.29. The van der Waals surface area contributed by atoms with Gasteiger partial charge in [-0.15, -0.1) is 0 Å². The molecular weight excluding hydrogens is 284 g/mol. The molecule has 4 heteroatoms. The van der Waals surface area contributed by atoms with Crippen molar-refractivity contribution in [2.24, 2.45) is 0 Å². The van der Waals surface area contributed by atoms with Crippen molar-refractivity contribution in [2.45, 2.75) is 89.9 Å². The van der Waals surface area contributed by atoms with Crippen LogP contribution in [-0.2, 0) is 0 Å². The van der Waals surface area contributed by atoms with Gasteiger partial charge in [0.25, 0.3) is 0 Å². The molecule has 0 spiro atoms. The van der Waals surface area contributed by atoms with Crippen molar-refractivity contribution in [3.8, 4) is 0 Å². The van der Waals surface area contributed by atoms with Crippen LogP contribution in [0.25, 0.3) is 0 Å². The van der Waals surface area contributed by atoms with Gasteiger partial charge in [0.05, 0.1) is 12.2 Å². The highest BCUT2D eigenvalue weighted by atomic mass is 15.3. The summed E-state index contributed by atoms with van der Waals surface area (Å²) in [6, 6.07) is 2.87. The predicted molar refractivity (Wildman–Crippen MR) is 95.7 cm³/mol. The molecule has 1 aliphatic heterocycles. The van der Waals surface area contributed by atoms with E-state index in [4.69, 9.17) is 0 Å². The van der Waals surface area contributed by atoms with E-state index in [2.05, 4.69) is 47.0 Å². The fourth-order valence-corrected chi connectivity index (χ4v) is 4.28. The van der Waals surface area contributed by atoms with E-state index >= 15 is 0 Å². The zero-order chi connectivity index (χ0) is 16.2. The van der Waals surface area contributed by atoms with E-state index in [-0.39, 0.29) is 0 Å². The molecule has 2 aliphatic rings. The number of rotatable bonds is 5. The third-order valence-electron chi connectivity index (χ3n) is 5.95. The first-order valence-electron chi connectivity index (χ1n) is 9.66. The lowest BCUT2D eigenvalue weighted by Crippen LogP contribution is -2.47. The molecule has 3 rings (SSSR count). The molecule has 1 atom stereocenters. The summed E-state index contributed by atoms with van der Waals surface area (Å²) in [6.07, 6.45) is 13.4. The van der Waals surface area contributed by atoms with Crippen LogP contribution in [-0.4, -0.2) is 45.9 Å². The van der Waals surface area contributed by atoms with Crippen molar-refractivity contribution >= 4 is 0 Å². The molecule has 1 aliphatic carbocycles. The number of hydrogen-bond acceptors (Lipinski definition) is 3. The van der Waals surface area contributed by atoms with E-state index < -0.39 is 0 Å². The van der Waals surface area contributed by atoms with Gasteiger partial charge in [-0.05, 0) is 64.4 Å². The van der Waals surface area contributed by atoms with Crippen molar-refractivity contribution in [3.05, 3.63) is 18.0 Å². The topological polar surface area (TPSA) is 33.1 Å². The molecule has 130 valence electrons. The second-order valence-electron chi connectivity index (χ2n) is 7.75. The van der Waals surface area contributed by atoms with Crippen LogP contribution in [0, 0.1) is 6.92 Å². The molecule has 2 fully saturated rings. The predicted octanol–water partition coefficient (Wildman–Crippen LogP) is 3.53. The van der Waals surface area contributed by atoms with Gasteiger partial charge >= 0.3 is 0 Å². The largest absolute Gasteiger partial charge is 0.312 e. The van der Waals surface area contributed by atoms with Crippen molar-refractivity contribution in [2.75, 3.05) is 13.1 Å². The Labute approximate surface area is 141 Å². The molecule has 0 bridgehead atoms. The molecule has 2 heterocycles. The Morgan fingerprint density at radius 3 is 2.39 bits per heavy atom. The highest BCUT2D eigenvalue weighted by molar-refractivity contribution is 5.01.